The van der Waals surface area contributed by atoms with E-state index in [1.165, 1.54) is 0 Å². The van der Waals surface area contributed by atoms with Crippen LogP contribution in [0.3, 0.4) is 0 Å². The molecule has 41 heavy (non-hydrogen) atoms. The molecule has 0 aliphatic carbocycles. The Kier molecular flexibility index (Phi) is 10.2. The molecule has 6 nitrogen and oxygen atoms in total. The van der Waals surface area contributed by atoms with E-state index in [0.29, 0.717) is 35.7 Å². The van der Waals surface area contributed by atoms with Crippen molar-refractivity contribution in [2.45, 2.75) is 82.5 Å². The van der Waals surface area contributed by atoms with Crippen molar-refractivity contribution in [3.05, 3.63) is 89.0 Å². The summed E-state index contributed by atoms with van der Waals surface area (Å²) in [5, 5.41) is 21.6. The molecule has 0 spiro atoms. The lowest BCUT2D eigenvalue weighted by Crippen LogP contribution is -2.43. The molecular weight excluding hydrogens is 534 g/mol. The number of hydrogen-bond acceptors (Lipinski definition) is 6. The van der Waals surface area contributed by atoms with Crippen LogP contribution in [0.15, 0.2) is 71.6 Å². The van der Waals surface area contributed by atoms with Crippen LogP contribution in [0.1, 0.15) is 80.5 Å². The first kappa shape index (κ1) is 31.1. The van der Waals surface area contributed by atoms with Gasteiger partial charge in [0.25, 0.3) is 0 Å². The summed E-state index contributed by atoms with van der Waals surface area (Å²) in [6.45, 7) is 4.62. The van der Waals surface area contributed by atoms with Gasteiger partial charge in [-0.25, -0.2) is 8.42 Å². The van der Waals surface area contributed by atoms with Crippen LogP contribution in [-0.2, 0) is 23.1 Å². The lowest BCUT2D eigenvalue weighted by atomic mass is 9.68. The average molecular weight is 580 g/mol. The number of nitrogens with zero attached hydrogens (tertiary/aromatic N) is 1. The molecule has 1 aliphatic heterocycles. The van der Waals surface area contributed by atoms with Gasteiger partial charge in [0, 0.05) is 31.1 Å². The number of anilines is 1. The topological polar surface area (TPSA) is 87.1 Å². The van der Waals surface area contributed by atoms with Gasteiger partial charge in [0.15, 0.2) is 9.84 Å². The number of unbranched alkanes of at least 4 members (excludes halogenated alkanes) is 2. The molecule has 3 aromatic carbocycles. The summed E-state index contributed by atoms with van der Waals surface area (Å²) in [7, 11) is 0.244. The Bertz CT molecular complexity index is 1380. The van der Waals surface area contributed by atoms with E-state index < -0.39 is 27.3 Å². The molecule has 0 saturated carbocycles. The number of ether oxygens (including phenoxy) is 1. The number of sulfone groups is 1. The molecule has 0 aromatic heterocycles. The first-order valence-corrected chi connectivity index (χ1v) is 16.4. The zero-order valence-electron chi connectivity index (χ0n) is 24.8. The van der Waals surface area contributed by atoms with Crippen molar-refractivity contribution in [3.8, 4) is 5.75 Å². The maximum Gasteiger partial charge on any atom is 0.179 e. The van der Waals surface area contributed by atoms with Gasteiger partial charge in [0.05, 0.1) is 23.4 Å². The second-order valence-electron chi connectivity index (χ2n) is 11.7. The lowest BCUT2D eigenvalue weighted by molar-refractivity contribution is 0.0127. The minimum absolute atomic E-state index is 0.00819. The number of hydrogen-bond donors (Lipinski definition) is 2. The SMILES string of the molecule is CCCCC1(CCCC)CS(=O)(=O)c2ccc(N(C)C)cc2[C@H](c2ccc(OCc3ccc(CO)cc3)cc2)[C@@H]1O. The Morgan fingerprint density at radius 2 is 1.51 bits per heavy atom. The number of aliphatic hydroxyl groups excluding tert-OH is 2. The minimum atomic E-state index is -3.63. The highest BCUT2D eigenvalue weighted by Crippen LogP contribution is 2.50. The Hall–Kier alpha value is -2.87. The molecule has 7 heteroatoms. The highest BCUT2D eigenvalue weighted by Gasteiger charge is 2.49. The third kappa shape index (κ3) is 6.96. The van der Waals surface area contributed by atoms with Gasteiger partial charge in [-0.2, -0.15) is 0 Å². The van der Waals surface area contributed by atoms with Crippen molar-refractivity contribution in [1.29, 1.82) is 0 Å². The van der Waals surface area contributed by atoms with Gasteiger partial charge >= 0.3 is 0 Å². The van der Waals surface area contributed by atoms with E-state index in [1.54, 1.807) is 6.07 Å². The molecule has 2 N–H and O–H groups in total. The smallest absolute Gasteiger partial charge is 0.179 e. The number of benzene rings is 3. The second kappa shape index (κ2) is 13.4. The summed E-state index contributed by atoms with van der Waals surface area (Å²) < 4.78 is 34.0. The van der Waals surface area contributed by atoms with Gasteiger partial charge in [0.1, 0.15) is 12.4 Å². The van der Waals surface area contributed by atoms with Gasteiger partial charge in [-0.05, 0) is 65.4 Å². The van der Waals surface area contributed by atoms with Crippen LogP contribution in [0, 0.1) is 5.41 Å². The van der Waals surface area contributed by atoms with Gasteiger partial charge in [-0.3, -0.25) is 0 Å². The Labute approximate surface area is 245 Å². The summed E-state index contributed by atoms with van der Waals surface area (Å²) in [4.78, 5) is 2.29. The van der Waals surface area contributed by atoms with Crippen molar-refractivity contribution >= 4 is 15.5 Å². The van der Waals surface area contributed by atoms with E-state index in [2.05, 4.69) is 13.8 Å². The summed E-state index contributed by atoms with van der Waals surface area (Å²) in [5.74, 6) is 0.166. The lowest BCUT2D eigenvalue weighted by Gasteiger charge is -2.40. The second-order valence-corrected chi connectivity index (χ2v) is 13.7. The van der Waals surface area contributed by atoms with E-state index in [-0.39, 0.29) is 12.4 Å². The van der Waals surface area contributed by atoms with Crippen LogP contribution < -0.4 is 9.64 Å². The van der Waals surface area contributed by atoms with Crippen molar-refractivity contribution < 1.29 is 23.4 Å². The van der Waals surface area contributed by atoms with Crippen LogP contribution in [0.4, 0.5) is 5.69 Å². The third-order valence-corrected chi connectivity index (χ3v) is 10.5. The highest BCUT2D eigenvalue weighted by atomic mass is 32.2. The zero-order valence-corrected chi connectivity index (χ0v) is 25.7. The monoisotopic (exact) mass is 579 g/mol. The summed E-state index contributed by atoms with van der Waals surface area (Å²) >= 11 is 0. The molecule has 0 unspecified atom stereocenters. The molecule has 0 saturated heterocycles. The fourth-order valence-corrected chi connectivity index (χ4v) is 8.26. The molecule has 4 rings (SSSR count). The summed E-state index contributed by atoms with van der Waals surface area (Å²) in [6.07, 6.45) is 4.11. The van der Waals surface area contributed by atoms with E-state index in [0.717, 1.165) is 48.1 Å². The van der Waals surface area contributed by atoms with Gasteiger partial charge in [-0.1, -0.05) is 75.9 Å². The zero-order chi connectivity index (χ0) is 29.6. The minimum Gasteiger partial charge on any atom is -0.489 e. The molecule has 3 aromatic rings. The Morgan fingerprint density at radius 3 is 2.07 bits per heavy atom. The molecule has 0 amide bonds. The van der Waals surface area contributed by atoms with Crippen molar-refractivity contribution in [1.82, 2.24) is 0 Å². The predicted octanol–water partition coefficient (Wildman–Crippen LogP) is 6.47. The molecule has 0 bridgehead atoms. The van der Waals surface area contributed by atoms with Crippen LogP contribution in [0.2, 0.25) is 0 Å². The molecule has 0 radical (unpaired) electrons. The molecule has 0 fully saturated rings. The average Bonchev–Trinajstić information content (AvgIpc) is 3.04. The van der Waals surface area contributed by atoms with Gasteiger partial charge in [0.2, 0.25) is 0 Å². The molecule has 1 aliphatic rings. The first-order chi connectivity index (χ1) is 19.6. The summed E-state index contributed by atoms with van der Waals surface area (Å²) in [6, 6.07) is 20.9. The van der Waals surface area contributed by atoms with Crippen LogP contribution in [0.25, 0.3) is 0 Å². The standard InChI is InChI=1S/C34H45NO5S/c1-5-7-19-34(20-8-6-2)24-41(38,39)31-18-15-28(35(3)4)21-30(31)32(33(34)37)27-13-16-29(17-14-27)40-23-26-11-9-25(22-36)10-12-26/h9-18,21,32-33,36-37H,5-8,19-20,22-24H2,1-4H3/t32-,33-/m0/s1. The molecule has 222 valence electrons. The van der Waals surface area contributed by atoms with E-state index in [9.17, 15) is 18.6 Å². The van der Waals surface area contributed by atoms with E-state index >= 15 is 0 Å². The van der Waals surface area contributed by atoms with Crippen molar-refractivity contribution in [3.63, 3.8) is 0 Å². The maximum atomic E-state index is 14.0. The Morgan fingerprint density at radius 1 is 0.902 bits per heavy atom. The fraction of sp³-hybridized carbons (Fsp3) is 0.471. The van der Waals surface area contributed by atoms with Crippen molar-refractivity contribution in [2.75, 3.05) is 24.7 Å². The number of fused-ring (bicyclic) bond motifs is 1. The fourth-order valence-electron chi connectivity index (χ4n) is 6.07. The number of aliphatic hydroxyl groups is 2. The van der Waals surface area contributed by atoms with E-state index in [1.807, 2.05) is 79.7 Å². The normalized spacial score (nSPS) is 19.3. The van der Waals surface area contributed by atoms with E-state index in [4.69, 9.17) is 4.74 Å². The first-order valence-electron chi connectivity index (χ1n) is 14.8. The largest absolute Gasteiger partial charge is 0.489 e. The van der Waals surface area contributed by atoms with Crippen LogP contribution >= 0.6 is 0 Å². The third-order valence-electron chi connectivity index (χ3n) is 8.51. The molecule has 2 atom stereocenters. The van der Waals surface area contributed by atoms with Crippen LogP contribution in [-0.4, -0.2) is 44.6 Å². The maximum absolute atomic E-state index is 14.0. The predicted molar refractivity (Wildman–Crippen MR) is 165 cm³/mol. The molecular formula is C34H45NO5S. The van der Waals surface area contributed by atoms with Crippen molar-refractivity contribution in [2.24, 2.45) is 5.41 Å². The van der Waals surface area contributed by atoms with Crippen LogP contribution in [0.5, 0.6) is 5.75 Å². The quantitative estimate of drug-likeness (QED) is 0.256. The van der Waals surface area contributed by atoms with Gasteiger partial charge in [-0.15, -0.1) is 0 Å². The number of rotatable bonds is 12. The van der Waals surface area contributed by atoms with Gasteiger partial charge < -0.3 is 19.8 Å². The highest BCUT2D eigenvalue weighted by molar-refractivity contribution is 7.91. The summed E-state index contributed by atoms with van der Waals surface area (Å²) in [5.41, 5.74) is 3.56. The molecule has 1 heterocycles. The Balaban J connectivity index is 1.75.